The molecular formula is C20H23ClN4O2S2. The molecule has 2 aromatic heterocycles. The molecule has 0 aliphatic carbocycles. The maximum absolute atomic E-state index is 6.46. The zero-order chi connectivity index (χ0) is 20.8. The molecule has 0 saturated carbocycles. The van der Waals surface area contributed by atoms with Gasteiger partial charge in [-0.25, -0.2) is 0 Å². The van der Waals surface area contributed by atoms with Crippen molar-refractivity contribution in [3.05, 3.63) is 55.7 Å². The van der Waals surface area contributed by atoms with Crippen molar-refractivity contribution in [1.29, 1.82) is 0 Å². The van der Waals surface area contributed by atoms with Crippen LogP contribution in [0.2, 0.25) is 5.02 Å². The molecule has 154 valence electrons. The lowest BCUT2D eigenvalue weighted by molar-refractivity contribution is 0.248. The number of thiophene rings is 1. The van der Waals surface area contributed by atoms with Crippen molar-refractivity contribution in [2.45, 2.75) is 27.2 Å². The average Bonchev–Trinajstić information content (AvgIpc) is 3.30. The zero-order valence-corrected chi connectivity index (χ0v) is 18.9. The van der Waals surface area contributed by atoms with Gasteiger partial charge in [0.1, 0.15) is 0 Å². The number of benzene rings is 1. The number of rotatable bonds is 9. The predicted molar refractivity (Wildman–Crippen MR) is 120 cm³/mol. The lowest BCUT2D eigenvalue weighted by atomic mass is 10.2. The Morgan fingerprint density at radius 2 is 2.21 bits per heavy atom. The van der Waals surface area contributed by atoms with Gasteiger partial charge in [0.25, 0.3) is 0 Å². The second-order valence-corrected chi connectivity index (χ2v) is 8.55. The van der Waals surface area contributed by atoms with E-state index in [1.165, 1.54) is 4.88 Å². The van der Waals surface area contributed by atoms with Gasteiger partial charge in [0.05, 0.1) is 24.5 Å². The normalized spacial score (nSPS) is 11.5. The van der Waals surface area contributed by atoms with Gasteiger partial charge in [-0.2, -0.15) is 14.9 Å². The van der Waals surface area contributed by atoms with Gasteiger partial charge in [-0.05, 0) is 54.2 Å². The lowest BCUT2D eigenvalue weighted by Gasteiger charge is -2.15. The fraction of sp³-hybridized carbons (Fsp3) is 0.350. The average molecular weight is 451 g/mol. The number of nitrogens with one attached hydrogen (secondary N) is 1. The molecule has 3 rings (SSSR count). The highest BCUT2D eigenvalue weighted by atomic mass is 35.5. The monoisotopic (exact) mass is 450 g/mol. The van der Waals surface area contributed by atoms with Crippen LogP contribution >= 0.6 is 35.2 Å². The maximum Gasteiger partial charge on any atom is 0.216 e. The van der Waals surface area contributed by atoms with Crippen LogP contribution in [0.5, 0.6) is 11.5 Å². The highest BCUT2D eigenvalue weighted by molar-refractivity contribution is 7.71. The summed E-state index contributed by atoms with van der Waals surface area (Å²) >= 11 is 13.4. The van der Waals surface area contributed by atoms with Gasteiger partial charge in [0.15, 0.2) is 17.3 Å². The van der Waals surface area contributed by atoms with Gasteiger partial charge in [-0.1, -0.05) is 31.5 Å². The first-order valence-corrected chi connectivity index (χ1v) is 11.0. The number of ether oxygens (including phenoxy) is 2. The fourth-order valence-corrected chi connectivity index (χ4v) is 3.74. The Labute approximate surface area is 184 Å². The Bertz CT molecular complexity index is 1030. The molecule has 3 aromatic rings. The van der Waals surface area contributed by atoms with E-state index in [9.17, 15) is 0 Å². The zero-order valence-electron chi connectivity index (χ0n) is 16.5. The summed E-state index contributed by atoms with van der Waals surface area (Å²) < 4.78 is 13.6. The van der Waals surface area contributed by atoms with E-state index in [0.717, 1.165) is 11.4 Å². The summed E-state index contributed by atoms with van der Waals surface area (Å²) in [6.45, 7) is 7.15. The molecule has 0 radical (unpaired) electrons. The van der Waals surface area contributed by atoms with Crippen LogP contribution in [0, 0.1) is 10.7 Å². The number of nitrogens with zero attached hydrogens (tertiary/aromatic N) is 3. The third-order valence-corrected chi connectivity index (χ3v) is 5.27. The highest BCUT2D eigenvalue weighted by Gasteiger charge is 2.13. The molecule has 0 unspecified atom stereocenters. The van der Waals surface area contributed by atoms with Crippen molar-refractivity contribution < 1.29 is 9.47 Å². The van der Waals surface area contributed by atoms with E-state index >= 15 is 0 Å². The molecule has 1 aromatic carbocycles. The molecule has 0 amide bonds. The van der Waals surface area contributed by atoms with Gasteiger partial charge in [0.2, 0.25) is 4.77 Å². The summed E-state index contributed by atoms with van der Waals surface area (Å²) in [4.78, 5) is 1.18. The first kappa shape index (κ1) is 21.5. The Morgan fingerprint density at radius 1 is 1.38 bits per heavy atom. The number of H-pyrrole nitrogens is 1. The summed E-state index contributed by atoms with van der Waals surface area (Å²) in [5, 5.41) is 14.1. The maximum atomic E-state index is 6.46. The quantitative estimate of drug-likeness (QED) is 0.342. The molecule has 0 saturated heterocycles. The fourth-order valence-electron chi connectivity index (χ4n) is 2.57. The van der Waals surface area contributed by atoms with Crippen molar-refractivity contribution in [1.82, 2.24) is 14.9 Å². The van der Waals surface area contributed by atoms with Crippen molar-refractivity contribution >= 4 is 41.4 Å². The summed E-state index contributed by atoms with van der Waals surface area (Å²) in [5.74, 6) is 2.27. The molecule has 0 aliphatic rings. The molecule has 2 heterocycles. The molecule has 0 bridgehead atoms. The van der Waals surface area contributed by atoms with E-state index in [0.29, 0.717) is 46.8 Å². The lowest BCUT2D eigenvalue weighted by Crippen LogP contribution is -2.07. The van der Waals surface area contributed by atoms with Crippen LogP contribution in [-0.4, -0.2) is 34.3 Å². The Kier molecular flexibility index (Phi) is 7.46. The molecule has 0 spiro atoms. The molecule has 0 aliphatic heterocycles. The van der Waals surface area contributed by atoms with E-state index in [-0.39, 0.29) is 0 Å². The van der Waals surface area contributed by atoms with Gasteiger partial charge in [-0.3, -0.25) is 5.10 Å². The minimum Gasteiger partial charge on any atom is -0.490 e. The van der Waals surface area contributed by atoms with Crippen molar-refractivity contribution in [3.8, 4) is 11.5 Å². The first-order chi connectivity index (χ1) is 14.0. The second kappa shape index (κ2) is 10.0. The molecule has 6 nitrogen and oxygen atoms in total. The number of hydrogen-bond donors (Lipinski definition) is 1. The van der Waals surface area contributed by atoms with E-state index in [1.54, 1.807) is 28.3 Å². The molecule has 29 heavy (non-hydrogen) atoms. The second-order valence-electron chi connectivity index (χ2n) is 6.73. The third-order valence-electron chi connectivity index (χ3n) is 3.84. The van der Waals surface area contributed by atoms with E-state index in [1.807, 2.05) is 24.4 Å². The summed E-state index contributed by atoms with van der Waals surface area (Å²) in [5.41, 5.74) is 0.778. The van der Waals surface area contributed by atoms with Gasteiger partial charge in [-0.15, -0.1) is 11.3 Å². The molecule has 0 atom stereocenters. The van der Waals surface area contributed by atoms with Crippen molar-refractivity contribution in [2.24, 2.45) is 11.0 Å². The van der Waals surface area contributed by atoms with Crippen molar-refractivity contribution in [3.63, 3.8) is 0 Å². The molecular weight excluding hydrogens is 428 g/mol. The summed E-state index contributed by atoms with van der Waals surface area (Å²) in [6.07, 6.45) is 2.33. The first-order valence-electron chi connectivity index (χ1n) is 9.30. The highest BCUT2D eigenvalue weighted by Crippen LogP contribution is 2.36. The number of aromatic nitrogens is 3. The van der Waals surface area contributed by atoms with Crippen LogP contribution in [0.15, 0.2) is 34.7 Å². The van der Waals surface area contributed by atoms with Crippen LogP contribution in [0.1, 0.15) is 37.0 Å². The van der Waals surface area contributed by atoms with Gasteiger partial charge < -0.3 is 9.47 Å². The molecule has 0 fully saturated rings. The minimum absolute atomic E-state index is 0.381. The van der Waals surface area contributed by atoms with E-state index in [2.05, 4.69) is 35.2 Å². The minimum atomic E-state index is 0.381. The van der Waals surface area contributed by atoms with Crippen LogP contribution in [0.3, 0.4) is 0 Å². The number of halogens is 1. The van der Waals surface area contributed by atoms with Crippen molar-refractivity contribution in [2.75, 3.05) is 13.2 Å². The topological polar surface area (TPSA) is 64.4 Å². The van der Waals surface area contributed by atoms with Crippen LogP contribution in [0.4, 0.5) is 0 Å². The predicted octanol–water partition coefficient (Wildman–Crippen LogP) is 5.56. The van der Waals surface area contributed by atoms with Gasteiger partial charge in [0, 0.05) is 11.3 Å². The molecule has 1 N–H and O–H groups in total. The van der Waals surface area contributed by atoms with Crippen LogP contribution in [-0.2, 0) is 6.42 Å². The Balaban J connectivity index is 1.87. The molecule has 9 heteroatoms. The van der Waals surface area contributed by atoms with E-state index < -0.39 is 0 Å². The SMILES string of the molecule is CCOc1cc(/C=N\n2c(Cc3cccs3)n[nH]c2=S)cc(Cl)c1OCC(C)C. The summed E-state index contributed by atoms with van der Waals surface area (Å²) in [6, 6.07) is 7.72. The Morgan fingerprint density at radius 3 is 2.90 bits per heavy atom. The number of hydrogen-bond acceptors (Lipinski definition) is 6. The largest absolute Gasteiger partial charge is 0.490 e. The number of aromatic amines is 1. The van der Waals surface area contributed by atoms with E-state index in [4.69, 9.17) is 33.3 Å². The van der Waals surface area contributed by atoms with Crippen LogP contribution in [0.25, 0.3) is 0 Å². The standard InChI is InChI=1S/C20H23ClN4O2S2/c1-4-26-17-9-14(8-16(21)19(17)27-12-13(2)3)11-22-25-18(23-24-20(25)28)10-15-6-5-7-29-15/h5-9,11,13H,4,10,12H2,1-3H3,(H,24,28)/b22-11-. The van der Waals surface area contributed by atoms with Crippen LogP contribution < -0.4 is 9.47 Å². The van der Waals surface area contributed by atoms with Gasteiger partial charge >= 0.3 is 0 Å². The third kappa shape index (κ3) is 5.68. The smallest absolute Gasteiger partial charge is 0.216 e. The summed E-state index contributed by atoms with van der Waals surface area (Å²) in [7, 11) is 0. The Hall–Kier alpha value is -2.16.